The Kier molecular flexibility index (Phi) is 7.17. The largest absolute Gasteiger partial charge is 0.326 e. The summed E-state index contributed by atoms with van der Waals surface area (Å²) in [5.41, 5.74) is 2.74. The average molecular weight is 460 g/mol. The molecular formula is C22H25N3O4S2. The summed E-state index contributed by atoms with van der Waals surface area (Å²) in [6, 6.07) is 13.9. The van der Waals surface area contributed by atoms with Crippen molar-refractivity contribution in [3.05, 3.63) is 59.7 Å². The van der Waals surface area contributed by atoms with Gasteiger partial charge in [-0.1, -0.05) is 48.5 Å². The number of sulfonamides is 1. The first-order valence-electron chi connectivity index (χ1n) is 10.0. The van der Waals surface area contributed by atoms with Gasteiger partial charge < -0.3 is 5.32 Å². The van der Waals surface area contributed by atoms with E-state index in [2.05, 4.69) is 9.71 Å². The fraction of sp³-hybridized carbons (Fsp3) is 0.318. The molecule has 2 amide bonds. The maximum absolute atomic E-state index is 12.7. The summed E-state index contributed by atoms with van der Waals surface area (Å²) in [6.45, 7) is 5.95. The second kappa shape index (κ2) is 9.65. The quantitative estimate of drug-likeness (QED) is 0.683. The number of amides is 2. The normalized spacial score (nSPS) is 17.9. The van der Waals surface area contributed by atoms with E-state index in [-0.39, 0.29) is 34.8 Å². The molecule has 7 nitrogen and oxygen atoms in total. The molecule has 0 aromatic heterocycles. The van der Waals surface area contributed by atoms with Crippen molar-refractivity contribution in [1.29, 1.82) is 0 Å². The number of aryl methyl sites for hydroxylation is 2. The van der Waals surface area contributed by atoms with E-state index >= 15 is 0 Å². The highest BCUT2D eigenvalue weighted by atomic mass is 32.2. The summed E-state index contributed by atoms with van der Waals surface area (Å²) in [7, 11) is -3.97. The maximum Gasteiger partial charge on any atom is 0.284 e. The van der Waals surface area contributed by atoms with Crippen LogP contribution in [-0.4, -0.2) is 42.1 Å². The molecular weight excluding hydrogens is 434 g/mol. The van der Waals surface area contributed by atoms with Crippen LogP contribution < -0.4 is 5.32 Å². The van der Waals surface area contributed by atoms with Gasteiger partial charge in [0.2, 0.25) is 11.8 Å². The van der Waals surface area contributed by atoms with Gasteiger partial charge in [-0.3, -0.25) is 14.5 Å². The number of carbonyl (C=O) groups excluding carboxylic acids is 2. The highest BCUT2D eigenvalue weighted by Gasteiger charge is 2.39. The van der Waals surface area contributed by atoms with Crippen LogP contribution in [0.5, 0.6) is 0 Å². The standard InChI is InChI=1S/C22H25N3O4S2/c1-4-16-8-12-18(13-9-16)31(28,29)24-22-25(5-2)21(27)19(30-22)14-20(26)23-17-10-6-15(3)7-11-17/h6-13,19H,4-5,14H2,1-3H3,(H,23,26)/t19-/m0/s1. The van der Waals surface area contributed by atoms with Gasteiger partial charge in [-0.15, -0.1) is 4.40 Å². The van der Waals surface area contributed by atoms with Crippen molar-refractivity contribution < 1.29 is 18.0 Å². The Morgan fingerprint density at radius 1 is 1.10 bits per heavy atom. The van der Waals surface area contributed by atoms with E-state index in [4.69, 9.17) is 0 Å². The minimum Gasteiger partial charge on any atom is -0.326 e. The molecule has 1 saturated heterocycles. The van der Waals surface area contributed by atoms with Crippen LogP contribution in [0.25, 0.3) is 0 Å². The number of nitrogens with one attached hydrogen (secondary N) is 1. The predicted molar refractivity (Wildman–Crippen MR) is 124 cm³/mol. The molecule has 0 radical (unpaired) electrons. The van der Waals surface area contributed by atoms with Gasteiger partial charge in [-0.05, 0) is 50.1 Å². The number of hydrogen-bond acceptors (Lipinski definition) is 5. The van der Waals surface area contributed by atoms with Crippen molar-refractivity contribution in [2.45, 2.75) is 43.8 Å². The van der Waals surface area contributed by atoms with Crippen molar-refractivity contribution in [1.82, 2.24) is 4.90 Å². The lowest BCUT2D eigenvalue weighted by atomic mass is 10.2. The summed E-state index contributed by atoms with van der Waals surface area (Å²) >= 11 is 1.01. The van der Waals surface area contributed by atoms with E-state index in [1.807, 2.05) is 26.0 Å². The molecule has 0 saturated carbocycles. The van der Waals surface area contributed by atoms with Crippen molar-refractivity contribution >= 4 is 44.5 Å². The number of thioether (sulfide) groups is 1. The summed E-state index contributed by atoms with van der Waals surface area (Å²) in [5.74, 6) is -0.633. The topological polar surface area (TPSA) is 95.9 Å². The van der Waals surface area contributed by atoms with E-state index in [9.17, 15) is 18.0 Å². The van der Waals surface area contributed by atoms with Crippen molar-refractivity contribution in [3.8, 4) is 0 Å². The monoisotopic (exact) mass is 459 g/mol. The summed E-state index contributed by atoms with van der Waals surface area (Å²) in [6.07, 6.45) is 0.729. The van der Waals surface area contributed by atoms with Crippen LogP contribution in [0.2, 0.25) is 0 Å². The summed E-state index contributed by atoms with van der Waals surface area (Å²) < 4.78 is 29.4. The molecule has 9 heteroatoms. The SMILES string of the molecule is CCc1ccc(S(=O)(=O)N=C2S[C@@H](CC(=O)Nc3ccc(C)cc3)C(=O)N2CC)cc1. The number of anilines is 1. The molecule has 0 spiro atoms. The van der Waals surface area contributed by atoms with Gasteiger partial charge in [0.25, 0.3) is 10.0 Å². The van der Waals surface area contributed by atoms with Gasteiger partial charge in [0.15, 0.2) is 5.17 Å². The summed E-state index contributed by atoms with van der Waals surface area (Å²) in [4.78, 5) is 26.5. The number of benzene rings is 2. The first kappa shape index (κ1) is 23.0. The molecule has 1 atom stereocenters. The molecule has 0 unspecified atom stereocenters. The Labute approximate surface area is 187 Å². The molecule has 1 N–H and O–H groups in total. The van der Waals surface area contributed by atoms with Crippen LogP contribution in [0.15, 0.2) is 57.8 Å². The maximum atomic E-state index is 12.7. The van der Waals surface area contributed by atoms with E-state index in [1.54, 1.807) is 31.2 Å². The zero-order valence-corrected chi connectivity index (χ0v) is 19.3. The van der Waals surface area contributed by atoms with Gasteiger partial charge in [0.05, 0.1) is 4.90 Å². The molecule has 2 aromatic carbocycles. The minimum absolute atomic E-state index is 0.0712. The molecule has 1 aliphatic rings. The van der Waals surface area contributed by atoms with E-state index < -0.39 is 15.3 Å². The van der Waals surface area contributed by atoms with Crippen LogP contribution >= 0.6 is 11.8 Å². The molecule has 164 valence electrons. The second-order valence-corrected chi connectivity index (χ2v) is 9.93. The van der Waals surface area contributed by atoms with Crippen molar-refractivity contribution in [3.63, 3.8) is 0 Å². The lowest BCUT2D eigenvalue weighted by molar-refractivity contribution is -0.128. The Morgan fingerprint density at radius 3 is 2.32 bits per heavy atom. The van der Waals surface area contributed by atoms with Crippen LogP contribution in [0.1, 0.15) is 31.4 Å². The second-order valence-electron chi connectivity index (χ2n) is 7.15. The Hall–Kier alpha value is -2.65. The Balaban J connectivity index is 1.75. The minimum atomic E-state index is -3.97. The molecule has 31 heavy (non-hydrogen) atoms. The Morgan fingerprint density at radius 2 is 1.74 bits per heavy atom. The fourth-order valence-corrected chi connectivity index (χ4v) is 5.49. The third kappa shape index (κ3) is 5.54. The van der Waals surface area contributed by atoms with E-state index in [1.165, 1.54) is 17.0 Å². The van der Waals surface area contributed by atoms with Crippen molar-refractivity contribution in [2.75, 3.05) is 11.9 Å². The molecule has 1 fully saturated rings. The number of hydrogen-bond donors (Lipinski definition) is 1. The zero-order chi connectivity index (χ0) is 22.6. The van der Waals surface area contributed by atoms with E-state index in [0.717, 1.165) is 29.3 Å². The predicted octanol–water partition coefficient (Wildman–Crippen LogP) is 3.59. The Bertz CT molecular complexity index is 1090. The van der Waals surface area contributed by atoms with Crippen LogP contribution in [-0.2, 0) is 26.0 Å². The molecule has 0 bridgehead atoms. The number of amidine groups is 1. The lowest BCUT2D eigenvalue weighted by Crippen LogP contribution is -2.33. The van der Waals surface area contributed by atoms with Crippen molar-refractivity contribution in [2.24, 2.45) is 4.40 Å². The van der Waals surface area contributed by atoms with E-state index in [0.29, 0.717) is 5.69 Å². The van der Waals surface area contributed by atoms with Crippen LogP contribution in [0, 0.1) is 6.92 Å². The third-order valence-corrected chi connectivity index (χ3v) is 7.44. The zero-order valence-electron chi connectivity index (χ0n) is 17.7. The molecule has 0 aliphatic carbocycles. The van der Waals surface area contributed by atoms with Gasteiger partial charge in [-0.2, -0.15) is 8.42 Å². The third-order valence-electron chi connectivity index (χ3n) is 4.87. The number of carbonyl (C=O) groups is 2. The highest BCUT2D eigenvalue weighted by Crippen LogP contribution is 2.31. The number of rotatable bonds is 7. The van der Waals surface area contributed by atoms with Gasteiger partial charge in [0.1, 0.15) is 5.25 Å². The molecule has 1 heterocycles. The van der Waals surface area contributed by atoms with Crippen LogP contribution in [0.4, 0.5) is 5.69 Å². The summed E-state index contributed by atoms with van der Waals surface area (Å²) in [5, 5.41) is 2.14. The molecule has 3 rings (SSSR count). The van der Waals surface area contributed by atoms with Crippen LogP contribution in [0.3, 0.4) is 0 Å². The van der Waals surface area contributed by atoms with Gasteiger partial charge in [-0.25, -0.2) is 0 Å². The number of nitrogens with zero attached hydrogens (tertiary/aromatic N) is 2. The average Bonchev–Trinajstić information content (AvgIpc) is 3.02. The van der Waals surface area contributed by atoms with Gasteiger partial charge in [0, 0.05) is 18.7 Å². The smallest absolute Gasteiger partial charge is 0.284 e. The first-order valence-corrected chi connectivity index (χ1v) is 12.3. The molecule has 2 aromatic rings. The lowest BCUT2D eigenvalue weighted by Gasteiger charge is -2.13. The molecule has 1 aliphatic heterocycles. The highest BCUT2D eigenvalue weighted by molar-refractivity contribution is 8.16. The van der Waals surface area contributed by atoms with Gasteiger partial charge >= 0.3 is 0 Å². The first-order chi connectivity index (χ1) is 14.7. The fourth-order valence-electron chi connectivity index (χ4n) is 3.07.